The fourth-order valence-electron chi connectivity index (χ4n) is 3.00. The molecule has 0 unspecified atom stereocenters. The van der Waals surface area contributed by atoms with Gasteiger partial charge >= 0.3 is 12.4 Å². The molecule has 0 saturated heterocycles. The second-order valence-corrected chi connectivity index (χ2v) is 9.23. The number of alkyl halides is 7. The number of halogens is 7. The summed E-state index contributed by atoms with van der Waals surface area (Å²) in [6.45, 7) is 0. The lowest BCUT2D eigenvalue weighted by Gasteiger charge is -2.18. The number of anilines is 1. The average molecular weight is 548 g/mol. The molecule has 0 heterocycles. The van der Waals surface area contributed by atoms with Gasteiger partial charge in [-0.05, 0) is 37.1 Å². The third kappa shape index (κ3) is 7.17. The molecule has 0 saturated carbocycles. The fourth-order valence-corrected chi connectivity index (χ4v) is 4.32. The number of benzene rings is 2. The maximum absolute atomic E-state index is 13.2. The van der Waals surface area contributed by atoms with E-state index in [0.717, 1.165) is 13.2 Å². The van der Waals surface area contributed by atoms with Crippen LogP contribution in [0, 0.1) is 0 Å². The van der Waals surface area contributed by atoms with Crippen molar-refractivity contribution >= 4 is 33.1 Å². The van der Waals surface area contributed by atoms with Gasteiger partial charge in [0, 0.05) is 18.4 Å². The van der Waals surface area contributed by atoms with Crippen molar-refractivity contribution in [2.45, 2.75) is 36.5 Å². The van der Waals surface area contributed by atoms with E-state index in [0.29, 0.717) is 18.7 Å². The van der Waals surface area contributed by atoms with Gasteiger partial charge in [0.1, 0.15) is 11.5 Å². The number of carbonyl (C=O) groups excluding carboxylic acids is 1. The first-order chi connectivity index (χ1) is 16.1. The molecule has 0 bridgehead atoms. The number of Topliss-reactive ketones (excluding diaryl/α,β-unsaturated/α-hetero) is 1. The highest BCUT2D eigenvalue weighted by molar-refractivity contribution is 7.92. The van der Waals surface area contributed by atoms with Crippen LogP contribution in [0.2, 0.25) is 0 Å². The molecule has 0 aliphatic carbocycles. The lowest BCUT2D eigenvalue weighted by molar-refractivity contribution is -0.143. The monoisotopic (exact) mass is 547 g/mol. The topological polar surface area (TPSA) is 81.7 Å². The minimum atomic E-state index is -5.24. The molecule has 1 N–H and O–H groups in total. The van der Waals surface area contributed by atoms with E-state index in [-0.39, 0.29) is 47.4 Å². The smallest absolute Gasteiger partial charge is 0.416 e. The van der Waals surface area contributed by atoms with Crippen LogP contribution < -0.4 is 14.2 Å². The number of unbranched alkanes of at least 4 members (excludes halogenated alkanes) is 1. The van der Waals surface area contributed by atoms with E-state index in [1.54, 1.807) is 0 Å². The molecule has 14 heteroatoms. The highest BCUT2D eigenvalue weighted by Gasteiger charge is 2.38. The van der Waals surface area contributed by atoms with Crippen LogP contribution in [0.3, 0.4) is 0 Å². The van der Waals surface area contributed by atoms with Crippen LogP contribution in [0.5, 0.6) is 11.5 Å². The van der Waals surface area contributed by atoms with Gasteiger partial charge in [0.25, 0.3) is 10.0 Å². The van der Waals surface area contributed by atoms with Crippen molar-refractivity contribution in [1.29, 1.82) is 0 Å². The van der Waals surface area contributed by atoms with E-state index < -0.39 is 44.2 Å². The molecule has 194 valence electrons. The Morgan fingerprint density at radius 2 is 1.43 bits per heavy atom. The Morgan fingerprint density at radius 1 is 0.886 bits per heavy atom. The number of hydrogen-bond donors (Lipinski definition) is 1. The molecule has 0 amide bonds. The van der Waals surface area contributed by atoms with Gasteiger partial charge < -0.3 is 9.47 Å². The molecule has 0 aliphatic rings. The molecular formula is C21H20ClF6NO5S. The zero-order valence-corrected chi connectivity index (χ0v) is 19.9. The molecular weight excluding hydrogens is 528 g/mol. The molecule has 0 spiro atoms. The number of sulfonamides is 1. The van der Waals surface area contributed by atoms with E-state index in [9.17, 15) is 39.6 Å². The van der Waals surface area contributed by atoms with Crippen LogP contribution in [0.4, 0.5) is 32.0 Å². The first-order valence-electron chi connectivity index (χ1n) is 9.81. The quantitative estimate of drug-likeness (QED) is 0.167. The zero-order chi connectivity index (χ0) is 26.6. The van der Waals surface area contributed by atoms with Gasteiger partial charge in [-0.2, -0.15) is 26.3 Å². The number of methoxy groups -OCH3 is 2. The van der Waals surface area contributed by atoms with Crippen LogP contribution in [0.1, 0.15) is 40.7 Å². The second-order valence-electron chi connectivity index (χ2n) is 7.17. The lowest BCUT2D eigenvalue weighted by Crippen LogP contribution is -2.18. The standard InChI is InChI=1S/C21H20ClF6NO5S/c1-33-18-11-19(34-2)16(10-15(18)17(30)5-3-4-6-22)29-35(31,32)14-8-12(20(23,24)25)7-13(9-14)21(26,27)28/h7-11,29H,3-6H2,1-2H3. The zero-order valence-electron chi connectivity index (χ0n) is 18.3. The SMILES string of the molecule is COc1cc(OC)c(C(=O)CCCCCl)cc1NS(=O)(=O)c1cc(C(F)(F)F)cc(C(F)(F)F)c1. The van der Waals surface area contributed by atoms with E-state index in [1.807, 2.05) is 4.72 Å². The lowest BCUT2D eigenvalue weighted by atomic mass is 10.0. The highest BCUT2D eigenvalue weighted by Crippen LogP contribution is 2.39. The van der Waals surface area contributed by atoms with Crippen molar-refractivity contribution in [3.05, 3.63) is 47.0 Å². The molecule has 35 heavy (non-hydrogen) atoms. The van der Waals surface area contributed by atoms with E-state index in [2.05, 4.69) is 0 Å². The van der Waals surface area contributed by atoms with Gasteiger partial charge in [-0.1, -0.05) is 0 Å². The number of rotatable bonds is 10. The maximum Gasteiger partial charge on any atom is 0.416 e. The summed E-state index contributed by atoms with van der Waals surface area (Å²) < 4.78 is 117. The van der Waals surface area contributed by atoms with Crippen LogP contribution in [0.15, 0.2) is 35.2 Å². The third-order valence-corrected chi connectivity index (χ3v) is 6.34. The Bertz CT molecular complexity index is 1150. The third-order valence-electron chi connectivity index (χ3n) is 4.73. The van der Waals surface area contributed by atoms with Crippen molar-refractivity contribution < 1.29 is 49.0 Å². The fraction of sp³-hybridized carbons (Fsp3) is 0.381. The summed E-state index contributed by atoms with van der Waals surface area (Å²) in [5.41, 5.74) is -4.06. The van der Waals surface area contributed by atoms with Crippen molar-refractivity contribution in [3.63, 3.8) is 0 Å². The van der Waals surface area contributed by atoms with Gasteiger partial charge in [0.05, 0.1) is 41.5 Å². The summed E-state index contributed by atoms with van der Waals surface area (Å²) in [4.78, 5) is 11.3. The molecule has 0 fully saturated rings. The Morgan fingerprint density at radius 3 is 1.89 bits per heavy atom. The number of ketones is 1. The minimum absolute atomic E-state index is 0.0269. The highest BCUT2D eigenvalue weighted by atomic mass is 35.5. The molecule has 2 rings (SSSR count). The number of hydrogen-bond acceptors (Lipinski definition) is 5. The molecule has 6 nitrogen and oxygen atoms in total. The van der Waals surface area contributed by atoms with E-state index in [4.69, 9.17) is 21.1 Å². The number of ether oxygens (including phenoxy) is 2. The summed E-state index contributed by atoms with van der Waals surface area (Å²) in [7, 11) is -2.61. The van der Waals surface area contributed by atoms with Gasteiger partial charge in [0.2, 0.25) is 0 Å². The van der Waals surface area contributed by atoms with Crippen molar-refractivity contribution in [1.82, 2.24) is 0 Å². The molecule has 0 atom stereocenters. The first-order valence-corrected chi connectivity index (χ1v) is 11.8. The Labute approximate surface area is 202 Å². The summed E-state index contributed by atoms with van der Waals surface area (Å²) in [5.74, 6) is -0.298. The Kier molecular flexibility index (Phi) is 8.93. The van der Waals surface area contributed by atoms with Crippen LogP contribution >= 0.6 is 11.6 Å². The van der Waals surface area contributed by atoms with Crippen molar-refractivity contribution in [3.8, 4) is 11.5 Å². The Balaban J connectivity index is 2.59. The average Bonchev–Trinajstić information content (AvgIpc) is 2.77. The van der Waals surface area contributed by atoms with Crippen molar-refractivity contribution in [2.24, 2.45) is 0 Å². The summed E-state index contributed by atoms with van der Waals surface area (Å²) in [6.07, 6.45) is -9.51. The van der Waals surface area contributed by atoms with E-state index in [1.165, 1.54) is 13.2 Å². The largest absolute Gasteiger partial charge is 0.496 e. The van der Waals surface area contributed by atoms with Gasteiger partial charge in [-0.15, -0.1) is 11.6 Å². The predicted molar refractivity (Wildman–Crippen MR) is 116 cm³/mol. The summed E-state index contributed by atoms with van der Waals surface area (Å²) >= 11 is 5.59. The van der Waals surface area contributed by atoms with Gasteiger partial charge in [-0.3, -0.25) is 9.52 Å². The molecule has 2 aromatic rings. The van der Waals surface area contributed by atoms with Crippen molar-refractivity contribution in [2.75, 3.05) is 24.8 Å². The first kappa shape index (κ1) is 28.6. The van der Waals surface area contributed by atoms with Gasteiger partial charge in [0.15, 0.2) is 5.78 Å². The normalized spacial score (nSPS) is 12.4. The van der Waals surface area contributed by atoms with Crippen LogP contribution in [0.25, 0.3) is 0 Å². The number of carbonyl (C=O) groups is 1. The van der Waals surface area contributed by atoms with Crippen LogP contribution in [-0.4, -0.2) is 34.3 Å². The second kappa shape index (κ2) is 10.9. The molecule has 0 radical (unpaired) electrons. The van der Waals surface area contributed by atoms with Gasteiger partial charge in [-0.25, -0.2) is 8.42 Å². The molecule has 2 aromatic carbocycles. The molecule has 0 aliphatic heterocycles. The Hall–Kier alpha value is -2.67. The maximum atomic E-state index is 13.2. The summed E-state index contributed by atoms with van der Waals surface area (Å²) in [6, 6.07) is 2.17. The number of nitrogens with one attached hydrogen (secondary N) is 1. The van der Waals surface area contributed by atoms with E-state index >= 15 is 0 Å². The minimum Gasteiger partial charge on any atom is -0.496 e. The van der Waals surface area contributed by atoms with Crippen LogP contribution in [-0.2, 0) is 22.4 Å². The predicted octanol–water partition coefficient (Wildman–Crippen LogP) is 6.13. The molecule has 0 aromatic heterocycles. The summed E-state index contributed by atoms with van der Waals surface area (Å²) in [5, 5.41) is 0.